The van der Waals surface area contributed by atoms with Crippen molar-refractivity contribution in [3.63, 3.8) is 0 Å². The molecule has 0 N–H and O–H groups in total. The Morgan fingerprint density at radius 2 is 1.96 bits per heavy atom. The lowest BCUT2D eigenvalue weighted by Gasteiger charge is -2.06. The van der Waals surface area contributed by atoms with Gasteiger partial charge < -0.3 is 4.74 Å². The summed E-state index contributed by atoms with van der Waals surface area (Å²) < 4.78 is 4.85. The third kappa shape index (κ3) is 2.70. The van der Waals surface area contributed by atoms with Crippen LogP contribution in [0.3, 0.4) is 0 Å². The smallest absolute Gasteiger partial charge is 0.338 e. The van der Waals surface area contributed by atoms with E-state index in [1.165, 1.54) is 7.11 Å². The third-order valence-electron chi connectivity index (χ3n) is 4.20. The van der Waals surface area contributed by atoms with Crippen molar-refractivity contribution in [3.05, 3.63) is 75.4 Å². The zero-order chi connectivity index (χ0) is 16.6. The first-order valence-electron chi connectivity index (χ1n) is 7.54. The number of allylic oxidation sites excluding steroid dienone is 1. The molecule has 0 radical (unpaired) electrons. The van der Waals surface area contributed by atoms with Gasteiger partial charge in [-0.15, -0.1) is 0 Å². The van der Waals surface area contributed by atoms with E-state index >= 15 is 0 Å². The summed E-state index contributed by atoms with van der Waals surface area (Å²) in [7, 11) is 1.36. The summed E-state index contributed by atoms with van der Waals surface area (Å²) >= 11 is 0. The van der Waals surface area contributed by atoms with E-state index in [0.29, 0.717) is 17.6 Å². The molecule has 3 nitrogen and oxygen atoms in total. The van der Waals surface area contributed by atoms with Crippen LogP contribution in [0.1, 0.15) is 43.0 Å². The average molecular weight is 306 g/mol. The molecule has 0 saturated carbocycles. The van der Waals surface area contributed by atoms with Crippen LogP contribution in [0.5, 0.6) is 0 Å². The molecule has 23 heavy (non-hydrogen) atoms. The minimum atomic E-state index is -0.389. The minimum absolute atomic E-state index is 0.0505. The number of rotatable bonds is 2. The molecule has 0 fully saturated rings. The zero-order valence-electron chi connectivity index (χ0n) is 13.5. The number of aryl methyl sites for hydroxylation is 2. The molecular formula is C20H18O3. The molecule has 0 aromatic heterocycles. The van der Waals surface area contributed by atoms with Gasteiger partial charge in [-0.05, 0) is 42.7 Å². The second-order valence-corrected chi connectivity index (χ2v) is 5.87. The maximum Gasteiger partial charge on any atom is 0.338 e. The highest BCUT2D eigenvalue weighted by atomic mass is 16.5. The topological polar surface area (TPSA) is 43.4 Å². The van der Waals surface area contributed by atoms with Gasteiger partial charge in [-0.25, -0.2) is 4.79 Å². The molecule has 0 amide bonds. The number of carbonyl (C=O) groups is 2. The Bertz CT molecular complexity index is 844. The van der Waals surface area contributed by atoms with E-state index in [2.05, 4.69) is 0 Å². The van der Waals surface area contributed by atoms with Crippen LogP contribution in [0.15, 0.2) is 42.0 Å². The van der Waals surface area contributed by atoms with E-state index in [0.717, 1.165) is 27.8 Å². The average Bonchev–Trinajstić information content (AvgIpc) is 2.85. The first kappa shape index (κ1) is 15.2. The fourth-order valence-corrected chi connectivity index (χ4v) is 3.03. The van der Waals surface area contributed by atoms with Crippen LogP contribution in [0, 0.1) is 13.8 Å². The van der Waals surface area contributed by atoms with Crippen LogP contribution in [-0.4, -0.2) is 18.9 Å². The molecule has 0 atom stereocenters. The lowest BCUT2D eigenvalue weighted by Crippen LogP contribution is -2.05. The maximum atomic E-state index is 12.7. The van der Waals surface area contributed by atoms with Crippen molar-refractivity contribution in [2.24, 2.45) is 0 Å². The standard InChI is InChI=1S/C20H18O3/c1-12-7-8-14(17(9-12)20(22)23-3)10-16-11-15-6-4-5-13(2)18(15)19(16)21/h4-10H,11H2,1-3H3/b16-10+. The van der Waals surface area contributed by atoms with Gasteiger partial charge in [0, 0.05) is 17.6 Å². The number of benzene rings is 2. The number of ether oxygens (including phenoxy) is 1. The second kappa shape index (κ2) is 5.84. The Morgan fingerprint density at radius 3 is 2.65 bits per heavy atom. The summed E-state index contributed by atoms with van der Waals surface area (Å²) in [5.41, 5.74) is 5.73. The summed E-state index contributed by atoms with van der Waals surface area (Å²) in [4.78, 5) is 24.6. The Kier molecular flexibility index (Phi) is 3.87. The molecular weight excluding hydrogens is 288 g/mol. The molecule has 2 aromatic rings. The lowest BCUT2D eigenvalue weighted by atomic mass is 10.0. The fraction of sp³-hybridized carbons (Fsp3) is 0.200. The molecule has 0 aliphatic heterocycles. The molecule has 1 aliphatic rings. The van der Waals surface area contributed by atoms with Crippen LogP contribution >= 0.6 is 0 Å². The second-order valence-electron chi connectivity index (χ2n) is 5.87. The highest BCUT2D eigenvalue weighted by molar-refractivity contribution is 6.16. The highest BCUT2D eigenvalue weighted by Crippen LogP contribution is 2.30. The molecule has 0 bridgehead atoms. The van der Waals surface area contributed by atoms with Crippen molar-refractivity contribution < 1.29 is 14.3 Å². The van der Waals surface area contributed by atoms with Gasteiger partial charge in [0.25, 0.3) is 0 Å². The Labute approximate surface area is 135 Å². The van der Waals surface area contributed by atoms with Crippen molar-refractivity contribution in [2.45, 2.75) is 20.3 Å². The van der Waals surface area contributed by atoms with Crippen molar-refractivity contribution >= 4 is 17.8 Å². The number of Topliss-reactive ketones (excluding diaryl/α,β-unsaturated/α-hetero) is 1. The maximum absolute atomic E-state index is 12.7. The van der Waals surface area contributed by atoms with Gasteiger partial charge in [0.05, 0.1) is 12.7 Å². The predicted molar refractivity (Wildman–Crippen MR) is 89.7 cm³/mol. The molecule has 3 heteroatoms. The summed E-state index contributed by atoms with van der Waals surface area (Å²) in [5, 5.41) is 0. The first-order chi connectivity index (χ1) is 11.0. The Morgan fingerprint density at radius 1 is 1.17 bits per heavy atom. The molecule has 3 rings (SSSR count). The van der Waals surface area contributed by atoms with Crippen LogP contribution in [-0.2, 0) is 11.2 Å². The molecule has 0 heterocycles. The van der Waals surface area contributed by atoms with Crippen LogP contribution in [0.4, 0.5) is 0 Å². The Hall–Kier alpha value is -2.68. The number of carbonyl (C=O) groups excluding carboxylic acids is 2. The first-order valence-corrected chi connectivity index (χ1v) is 7.54. The predicted octanol–water partition coefficient (Wildman–Crippen LogP) is 3.91. The monoisotopic (exact) mass is 306 g/mol. The van der Waals surface area contributed by atoms with E-state index in [1.54, 1.807) is 6.07 Å². The van der Waals surface area contributed by atoms with E-state index < -0.39 is 0 Å². The Balaban J connectivity index is 2.06. The van der Waals surface area contributed by atoms with Gasteiger partial charge >= 0.3 is 5.97 Å². The number of ketones is 1. The summed E-state index contributed by atoms with van der Waals surface area (Å²) in [6.45, 7) is 3.87. The third-order valence-corrected chi connectivity index (χ3v) is 4.20. The molecule has 1 aliphatic carbocycles. The van der Waals surface area contributed by atoms with Gasteiger partial charge in [0.2, 0.25) is 0 Å². The van der Waals surface area contributed by atoms with Gasteiger partial charge in [-0.2, -0.15) is 0 Å². The number of methoxy groups -OCH3 is 1. The highest BCUT2D eigenvalue weighted by Gasteiger charge is 2.26. The molecule has 0 unspecified atom stereocenters. The number of esters is 1. The van der Waals surface area contributed by atoms with Crippen LogP contribution < -0.4 is 0 Å². The van der Waals surface area contributed by atoms with Crippen LogP contribution in [0.25, 0.3) is 6.08 Å². The largest absolute Gasteiger partial charge is 0.465 e. The van der Waals surface area contributed by atoms with Gasteiger partial charge in [-0.3, -0.25) is 4.79 Å². The van der Waals surface area contributed by atoms with Crippen molar-refractivity contribution in [1.82, 2.24) is 0 Å². The van der Waals surface area contributed by atoms with Gasteiger partial charge in [0.15, 0.2) is 5.78 Å². The normalized spacial score (nSPS) is 14.9. The zero-order valence-corrected chi connectivity index (χ0v) is 13.5. The van der Waals surface area contributed by atoms with E-state index in [4.69, 9.17) is 4.74 Å². The molecule has 116 valence electrons. The fourth-order valence-electron chi connectivity index (χ4n) is 3.03. The number of hydrogen-bond acceptors (Lipinski definition) is 3. The minimum Gasteiger partial charge on any atom is -0.465 e. The van der Waals surface area contributed by atoms with Crippen molar-refractivity contribution in [3.8, 4) is 0 Å². The quantitative estimate of drug-likeness (QED) is 0.624. The summed E-state index contributed by atoms with van der Waals surface area (Å²) in [6.07, 6.45) is 2.41. The van der Waals surface area contributed by atoms with Gasteiger partial charge in [0.1, 0.15) is 0 Å². The molecule has 2 aromatic carbocycles. The van der Waals surface area contributed by atoms with E-state index in [9.17, 15) is 9.59 Å². The van der Waals surface area contributed by atoms with Gasteiger partial charge in [-0.1, -0.05) is 35.9 Å². The lowest BCUT2D eigenvalue weighted by molar-refractivity contribution is 0.0600. The molecule has 0 spiro atoms. The van der Waals surface area contributed by atoms with Crippen molar-refractivity contribution in [1.29, 1.82) is 0 Å². The number of hydrogen-bond donors (Lipinski definition) is 0. The van der Waals surface area contributed by atoms with Crippen molar-refractivity contribution in [2.75, 3.05) is 7.11 Å². The molecule has 0 saturated heterocycles. The summed E-state index contributed by atoms with van der Waals surface area (Å²) in [5.74, 6) is -0.339. The SMILES string of the molecule is COC(=O)c1cc(C)ccc1/C=C1\Cc2cccc(C)c2C1=O. The van der Waals surface area contributed by atoms with E-state index in [-0.39, 0.29) is 11.8 Å². The number of fused-ring (bicyclic) bond motifs is 1. The summed E-state index contributed by atoms with van der Waals surface area (Å²) in [6, 6.07) is 11.5. The van der Waals surface area contributed by atoms with E-state index in [1.807, 2.05) is 50.3 Å². The van der Waals surface area contributed by atoms with Crippen LogP contribution in [0.2, 0.25) is 0 Å².